The summed E-state index contributed by atoms with van der Waals surface area (Å²) in [6, 6.07) is 15.4. The Morgan fingerprint density at radius 1 is 1.13 bits per heavy atom. The summed E-state index contributed by atoms with van der Waals surface area (Å²) in [6.07, 6.45) is 0. The van der Waals surface area contributed by atoms with Crippen LogP contribution in [0.3, 0.4) is 0 Å². The lowest BCUT2D eigenvalue weighted by atomic mass is 10.2. The molecule has 0 aliphatic rings. The maximum absolute atomic E-state index is 13.0. The first-order valence-electron chi connectivity index (χ1n) is 6.78. The van der Waals surface area contributed by atoms with Gasteiger partial charge in [0.1, 0.15) is 15.7 Å². The van der Waals surface area contributed by atoms with Gasteiger partial charge in [0, 0.05) is 11.3 Å². The molecule has 0 atom stereocenters. The summed E-state index contributed by atoms with van der Waals surface area (Å²) < 4.78 is 17.8. The fraction of sp³-hybridized carbons (Fsp3) is 0.0625. The second-order valence-corrected chi connectivity index (χ2v) is 6.62. The molecule has 0 fully saturated rings. The molecule has 0 aliphatic carbocycles. The number of aromatic nitrogens is 2. The highest BCUT2D eigenvalue weighted by atomic mass is 32.2. The fourth-order valence-electron chi connectivity index (χ4n) is 1.91. The quantitative estimate of drug-likeness (QED) is 0.708. The Labute approximate surface area is 140 Å². The van der Waals surface area contributed by atoms with Crippen LogP contribution >= 0.6 is 23.3 Å². The van der Waals surface area contributed by atoms with Crippen LogP contribution in [0.15, 0.2) is 58.8 Å². The number of amides is 1. The van der Waals surface area contributed by atoms with Gasteiger partial charge in [-0.2, -0.15) is 0 Å². The molecule has 0 saturated carbocycles. The average Bonchev–Trinajstić information content (AvgIpc) is 3.03. The van der Waals surface area contributed by atoms with Gasteiger partial charge in [0.2, 0.25) is 5.91 Å². The molecule has 2 aromatic carbocycles. The molecule has 0 spiro atoms. The highest BCUT2D eigenvalue weighted by molar-refractivity contribution is 8.01. The lowest BCUT2D eigenvalue weighted by Gasteiger charge is -2.04. The van der Waals surface area contributed by atoms with E-state index in [9.17, 15) is 9.18 Å². The molecule has 0 aliphatic heterocycles. The van der Waals surface area contributed by atoms with Crippen molar-refractivity contribution in [2.45, 2.75) is 4.21 Å². The second-order valence-electron chi connectivity index (χ2n) is 4.62. The normalized spacial score (nSPS) is 10.5. The van der Waals surface area contributed by atoms with E-state index >= 15 is 0 Å². The molecular weight excluding hydrogens is 333 g/mol. The van der Waals surface area contributed by atoms with Crippen LogP contribution in [0.5, 0.6) is 0 Å². The van der Waals surface area contributed by atoms with Crippen molar-refractivity contribution in [3.8, 4) is 11.3 Å². The first-order valence-corrected chi connectivity index (χ1v) is 8.54. The summed E-state index contributed by atoms with van der Waals surface area (Å²) in [4.78, 5) is 12.0. The molecule has 23 heavy (non-hydrogen) atoms. The Balaban J connectivity index is 1.64. The van der Waals surface area contributed by atoms with Gasteiger partial charge >= 0.3 is 0 Å². The highest BCUT2D eigenvalue weighted by Gasteiger charge is 2.13. The highest BCUT2D eigenvalue weighted by Crippen LogP contribution is 2.32. The van der Waals surface area contributed by atoms with Gasteiger partial charge in [-0.05, 0) is 47.9 Å². The number of hydrogen-bond donors (Lipinski definition) is 1. The van der Waals surface area contributed by atoms with Crippen molar-refractivity contribution in [2.24, 2.45) is 0 Å². The van der Waals surface area contributed by atoms with Gasteiger partial charge in [-0.3, -0.25) is 4.79 Å². The minimum Gasteiger partial charge on any atom is -0.325 e. The molecule has 0 unspecified atom stereocenters. The van der Waals surface area contributed by atoms with E-state index in [0.29, 0.717) is 5.69 Å². The van der Waals surface area contributed by atoms with E-state index in [0.717, 1.165) is 15.5 Å². The number of carbonyl (C=O) groups excluding carboxylic acids is 1. The van der Waals surface area contributed by atoms with Crippen molar-refractivity contribution in [3.63, 3.8) is 0 Å². The lowest BCUT2D eigenvalue weighted by Crippen LogP contribution is -2.13. The van der Waals surface area contributed by atoms with Gasteiger partial charge in [0.15, 0.2) is 0 Å². The number of nitrogens with one attached hydrogen (secondary N) is 1. The number of nitrogens with zero attached hydrogens (tertiary/aromatic N) is 2. The van der Waals surface area contributed by atoms with Crippen molar-refractivity contribution in [2.75, 3.05) is 11.1 Å². The van der Waals surface area contributed by atoms with Crippen LogP contribution in [0, 0.1) is 5.82 Å². The van der Waals surface area contributed by atoms with Crippen LogP contribution in [0.1, 0.15) is 0 Å². The monoisotopic (exact) mass is 345 g/mol. The first-order chi connectivity index (χ1) is 11.2. The second kappa shape index (κ2) is 7.34. The Bertz CT molecular complexity index is 791. The number of halogens is 1. The van der Waals surface area contributed by atoms with Gasteiger partial charge in [0.05, 0.1) is 5.75 Å². The number of rotatable bonds is 5. The summed E-state index contributed by atoms with van der Waals surface area (Å²) in [7, 11) is 0. The Kier molecular flexibility index (Phi) is 4.99. The molecule has 4 nitrogen and oxygen atoms in total. The molecule has 1 amide bonds. The SMILES string of the molecule is O=C(CSc1snnc1-c1ccc(F)cc1)Nc1ccccc1. The Morgan fingerprint density at radius 3 is 2.61 bits per heavy atom. The first kappa shape index (κ1) is 15.6. The molecule has 0 radical (unpaired) electrons. The molecule has 1 heterocycles. The molecule has 0 bridgehead atoms. The number of hydrogen-bond acceptors (Lipinski definition) is 5. The van der Waals surface area contributed by atoms with Gasteiger partial charge in [-0.25, -0.2) is 4.39 Å². The van der Waals surface area contributed by atoms with Crippen molar-refractivity contribution in [1.82, 2.24) is 9.59 Å². The standard InChI is InChI=1S/C16H12FN3OS2/c17-12-8-6-11(7-9-12)15-16(23-20-19-15)22-10-14(21)18-13-4-2-1-3-5-13/h1-9H,10H2,(H,18,21). The summed E-state index contributed by atoms with van der Waals surface area (Å²) in [6.45, 7) is 0. The van der Waals surface area contributed by atoms with Crippen LogP contribution < -0.4 is 5.32 Å². The molecular formula is C16H12FN3OS2. The zero-order valence-electron chi connectivity index (χ0n) is 11.9. The predicted molar refractivity (Wildman–Crippen MR) is 91.1 cm³/mol. The summed E-state index contributed by atoms with van der Waals surface area (Å²) in [5, 5.41) is 6.90. The van der Waals surface area contributed by atoms with Crippen LogP contribution in [0.4, 0.5) is 10.1 Å². The molecule has 1 N–H and O–H groups in total. The van der Waals surface area contributed by atoms with E-state index in [2.05, 4.69) is 14.9 Å². The third-order valence-corrected chi connectivity index (χ3v) is 4.93. The van der Waals surface area contributed by atoms with Crippen LogP contribution in [-0.2, 0) is 4.79 Å². The molecule has 0 saturated heterocycles. The predicted octanol–water partition coefficient (Wildman–Crippen LogP) is 4.08. The summed E-state index contributed by atoms with van der Waals surface area (Å²) in [5.41, 5.74) is 2.22. The average molecular weight is 345 g/mol. The Hall–Kier alpha value is -2.25. The van der Waals surface area contributed by atoms with Crippen molar-refractivity contribution in [3.05, 3.63) is 60.4 Å². The molecule has 3 aromatic rings. The van der Waals surface area contributed by atoms with Crippen LogP contribution in [0.2, 0.25) is 0 Å². The number of anilines is 1. The molecule has 116 valence electrons. The van der Waals surface area contributed by atoms with E-state index in [1.165, 1.54) is 35.4 Å². The summed E-state index contributed by atoms with van der Waals surface area (Å²) in [5.74, 6) is -0.138. The zero-order valence-corrected chi connectivity index (χ0v) is 13.5. The number of benzene rings is 2. The minimum atomic E-state index is -0.298. The smallest absolute Gasteiger partial charge is 0.234 e. The van der Waals surface area contributed by atoms with Gasteiger partial charge in [-0.1, -0.05) is 22.7 Å². The van der Waals surface area contributed by atoms with E-state index in [-0.39, 0.29) is 17.5 Å². The van der Waals surface area contributed by atoms with E-state index in [4.69, 9.17) is 0 Å². The number of thioether (sulfide) groups is 1. The molecule has 3 rings (SSSR count). The third kappa shape index (κ3) is 4.14. The topological polar surface area (TPSA) is 54.9 Å². The van der Waals surface area contributed by atoms with E-state index < -0.39 is 0 Å². The summed E-state index contributed by atoms with van der Waals surface area (Å²) >= 11 is 2.59. The van der Waals surface area contributed by atoms with Crippen LogP contribution in [0.25, 0.3) is 11.3 Å². The van der Waals surface area contributed by atoms with E-state index in [1.54, 1.807) is 12.1 Å². The van der Waals surface area contributed by atoms with Gasteiger partial charge in [-0.15, -0.1) is 16.9 Å². The van der Waals surface area contributed by atoms with Crippen LogP contribution in [-0.4, -0.2) is 21.2 Å². The number of carbonyl (C=O) groups is 1. The minimum absolute atomic E-state index is 0.0975. The van der Waals surface area contributed by atoms with E-state index in [1.807, 2.05) is 30.3 Å². The molecule has 1 aromatic heterocycles. The maximum Gasteiger partial charge on any atom is 0.234 e. The maximum atomic E-state index is 13.0. The zero-order chi connectivity index (χ0) is 16.1. The van der Waals surface area contributed by atoms with Crippen molar-refractivity contribution in [1.29, 1.82) is 0 Å². The lowest BCUT2D eigenvalue weighted by molar-refractivity contribution is -0.113. The van der Waals surface area contributed by atoms with Crippen molar-refractivity contribution >= 4 is 34.9 Å². The Morgan fingerprint density at radius 2 is 1.87 bits per heavy atom. The fourth-order valence-corrected chi connectivity index (χ4v) is 3.47. The molecule has 7 heteroatoms. The van der Waals surface area contributed by atoms with Crippen molar-refractivity contribution < 1.29 is 9.18 Å². The van der Waals surface area contributed by atoms with Gasteiger partial charge < -0.3 is 5.32 Å². The third-order valence-electron chi connectivity index (χ3n) is 2.97. The van der Waals surface area contributed by atoms with Gasteiger partial charge in [0.25, 0.3) is 0 Å². The largest absolute Gasteiger partial charge is 0.325 e. The number of para-hydroxylation sites is 1.